The largest absolute Gasteiger partial charge is 0.349 e. The highest BCUT2D eigenvalue weighted by atomic mass is 19.1. The van der Waals surface area contributed by atoms with Crippen molar-refractivity contribution in [2.75, 3.05) is 0 Å². The normalized spacial score (nSPS) is 16.4. The molecule has 0 saturated carbocycles. The summed E-state index contributed by atoms with van der Waals surface area (Å²) in [5, 5.41) is 10.9. The van der Waals surface area contributed by atoms with Crippen LogP contribution in [0, 0.1) is 11.7 Å². The van der Waals surface area contributed by atoms with Crippen LogP contribution in [0.2, 0.25) is 0 Å². The number of nitrogens with one attached hydrogen (secondary N) is 2. The van der Waals surface area contributed by atoms with Crippen molar-refractivity contribution in [3.05, 3.63) is 59.9 Å². The summed E-state index contributed by atoms with van der Waals surface area (Å²) in [7, 11) is 0. The Balaban J connectivity index is 1.41. The second kappa shape index (κ2) is 6.46. The lowest BCUT2D eigenvalue weighted by Gasteiger charge is -2.20. The van der Waals surface area contributed by atoms with Crippen LogP contribution in [0.3, 0.4) is 0 Å². The van der Waals surface area contributed by atoms with Gasteiger partial charge in [0.2, 0.25) is 5.91 Å². The molecule has 0 saturated heterocycles. The van der Waals surface area contributed by atoms with Crippen LogP contribution in [-0.2, 0) is 24.2 Å². The summed E-state index contributed by atoms with van der Waals surface area (Å²) in [5.41, 5.74) is 2.84. The Bertz CT molecular complexity index is 885. The van der Waals surface area contributed by atoms with Crippen LogP contribution >= 0.6 is 0 Å². The molecular weight excluding hydrogens is 323 g/mol. The minimum absolute atomic E-state index is 0.00564. The Kier molecular flexibility index (Phi) is 4.01. The van der Waals surface area contributed by atoms with E-state index in [9.17, 15) is 9.18 Å². The van der Waals surface area contributed by atoms with Crippen molar-refractivity contribution in [3.63, 3.8) is 0 Å². The number of rotatable bonds is 4. The highest BCUT2D eigenvalue weighted by Gasteiger charge is 2.26. The Hall–Kier alpha value is -3.03. The molecule has 0 spiro atoms. The van der Waals surface area contributed by atoms with E-state index in [1.165, 1.54) is 12.1 Å². The lowest BCUT2D eigenvalue weighted by Crippen LogP contribution is -2.34. The number of hydrogen-bond acceptors (Lipinski definition) is 4. The molecule has 0 fully saturated rings. The van der Waals surface area contributed by atoms with Crippen LogP contribution in [0.4, 0.5) is 4.39 Å². The predicted molar refractivity (Wildman–Crippen MR) is 87.3 cm³/mol. The predicted octanol–water partition coefficient (Wildman–Crippen LogP) is 1.55. The van der Waals surface area contributed by atoms with Gasteiger partial charge in [-0.05, 0) is 37.1 Å². The van der Waals surface area contributed by atoms with Gasteiger partial charge >= 0.3 is 0 Å². The summed E-state index contributed by atoms with van der Waals surface area (Å²) < 4.78 is 14.8. The standard InChI is InChI=1S/C17H17FN6O/c18-12-2-4-13(5-3-12)24-10-22-23-16(24)8-19-17(25)11-1-6-14-15(7-11)21-9-20-14/h2-5,9-11H,1,6-8H2,(H,19,25)(H,20,21). The number of imidazole rings is 1. The van der Waals surface area contributed by atoms with Crippen LogP contribution in [0.5, 0.6) is 0 Å². The van der Waals surface area contributed by atoms with Gasteiger partial charge < -0.3 is 10.3 Å². The summed E-state index contributed by atoms with van der Waals surface area (Å²) in [4.78, 5) is 19.8. The summed E-state index contributed by atoms with van der Waals surface area (Å²) in [6, 6.07) is 6.04. The first-order valence-electron chi connectivity index (χ1n) is 8.14. The van der Waals surface area contributed by atoms with Crippen LogP contribution < -0.4 is 5.32 Å². The zero-order valence-corrected chi connectivity index (χ0v) is 13.4. The molecule has 1 amide bonds. The van der Waals surface area contributed by atoms with E-state index in [1.807, 2.05) is 0 Å². The summed E-state index contributed by atoms with van der Waals surface area (Å²) >= 11 is 0. The highest BCUT2D eigenvalue weighted by Crippen LogP contribution is 2.23. The van der Waals surface area contributed by atoms with Gasteiger partial charge in [-0.15, -0.1) is 10.2 Å². The van der Waals surface area contributed by atoms with Crippen molar-refractivity contribution in [2.45, 2.75) is 25.8 Å². The Morgan fingerprint density at radius 3 is 3.04 bits per heavy atom. The van der Waals surface area contributed by atoms with Crippen LogP contribution in [0.15, 0.2) is 36.9 Å². The molecule has 25 heavy (non-hydrogen) atoms. The molecule has 3 aromatic rings. The molecule has 0 bridgehead atoms. The van der Waals surface area contributed by atoms with Gasteiger partial charge in [0.15, 0.2) is 5.82 Å². The van der Waals surface area contributed by atoms with Gasteiger partial charge in [-0.1, -0.05) is 0 Å². The van der Waals surface area contributed by atoms with Gasteiger partial charge in [0.05, 0.1) is 18.6 Å². The fourth-order valence-electron chi connectivity index (χ4n) is 3.13. The Morgan fingerprint density at radius 1 is 1.36 bits per heavy atom. The number of carbonyl (C=O) groups excluding carboxylic acids is 1. The summed E-state index contributed by atoms with van der Waals surface area (Å²) in [6.07, 6.45) is 5.49. The van der Waals surface area contributed by atoms with Crippen LogP contribution in [-0.4, -0.2) is 30.6 Å². The second-order valence-electron chi connectivity index (χ2n) is 6.08. The average Bonchev–Trinajstić information content (AvgIpc) is 3.28. The second-order valence-corrected chi connectivity index (χ2v) is 6.08. The van der Waals surface area contributed by atoms with Gasteiger partial charge in [-0.2, -0.15) is 0 Å². The molecule has 4 rings (SSSR count). The molecule has 8 heteroatoms. The number of aryl methyl sites for hydroxylation is 1. The molecule has 1 unspecified atom stereocenters. The number of carbonyl (C=O) groups is 1. The maximum atomic E-state index is 13.1. The first-order valence-corrected chi connectivity index (χ1v) is 8.14. The maximum absolute atomic E-state index is 13.1. The quantitative estimate of drug-likeness (QED) is 0.754. The Morgan fingerprint density at radius 2 is 2.20 bits per heavy atom. The number of fused-ring (bicyclic) bond motifs is 1. The smallest absolute Gasteiger partial charge is 0.223 e. The zero-order chi connectivity index (χ0) is 17.2. The molecule has 1 aliphatic rings. The SMILES string of the molecule is O=C(NCc1nncn1-c1ccc(F)cc1)C1CCc2nc[nH]c2C1. The molecule has 1 aliphatic carbocycles. The molecular formula is C17H17FN6O. The van der Waals surface area contributed by atoms with Gasteiger partial charge in [0.25, 0.3) is 0 Å². The average molecular weight is 340 g/mol. The monoisotopic (exact) mass is 340 g/mol. The topological polar surface area (TPSA) is 88.5 Å². The molecule has 0 radical (unpaired) electrons. The maximum Gasteiger partial charge on any atom is 0.223 e. The number of hydrogen-bond donors (Lipinski definition) is 2. The van der Waals surface area contributed by atoms with E-state index in [2.05, 4.69) is 25.5 Å². The van der Waals surface area contributed by atoms with E-state index in [0.29, 0.717) is 12.2 Å². The number of nitrogens with zero attached hydrogens (tertiary/aromatic N) is 4. The summed E-state index contributed by atoms with van der Waals surface area (Å²) in [6.45, 7) is 0.266. The third-order valence-corrected chi connectivity index (χ3v) is 4.50. The number of amides is 1. The van der Waals surface area contributed by atoms with E-state index in [4.69, 9.17) is 0 Å². The van der Waals surface area contributed by atoms with Crippen LogP contribution in [0.1, 0.15) is 23.6 Å². The minimum Gasteiger partial charge on any atom is -0.349 e. The van der Waals surface area contributed by atoms with Crippen LogP contribution in [0.25, 0.3) is 5.69 Å². The van der Waals surface area contributed by atoms with Gasteiger partial charge in [0, 0.05) is 23.7 Å². The van der Waals surface area contributed by atoms with Gasteiger partial charge in [-0.3, -0.25) is 9.36 Å². The third kappa shape index (κ3) is 3.15. The number of aromatic amines is 1. The molecule has 7 nitrogen and oxygen atoms in total. The molecule has 1 aromatic carbocycles. The van der Waals surface area contributed by atoms with Crippen molar-refractivity contribution in [2.24, 2.45) is 5.92 Å². The lowest BCUT2D eigenvalue weighted by molar-refractivity contribution is -0.125. The van der Waals surface area contributed by atoms with Crippen molar-refractivity contribution in [1.82, 2.24) is 30.0 Å². The molecule has 2 aromatic heterocycles. The summed E-state index contributed by atoms with van der Waals surface area (Å²) in [5.74, 6) is 0.212. The minimum atomic E-state index is -0.304. The van der Waals surface area contributed by atoms with E-state index in [1.54, 1.807) is 29.4 Å². The van der Waals surface area contributed by atoms with E-state index in [0.717, 1.165) is 29.9 Å². The number of benzene rings is 1. The Labute approximate surface area is 143 Å². The molecule has 2 heterocycles. The van der Waals surface area contributed by atoms with E-state index < -0.39 is 0 Å². The van der Waals surface area contributed by atoms with Gasteiger partial charge in [0.1, 0.15) is 12.1 Å². The number of halogens is 1. The molecule has 2 N–H and O–H groups in total. The molecule has 0 aliphatic heterocycles. The lowest BCUT2D eigenvalue weighted by atomic mass is 9.89. The molecule has 1 atom stereocenters. The van der Waals surface area contributed by atoms with E-state index >= 15 is 0 Å². The van der Waals surface area contributed by atoms with Crippen molar-refractivity contribution in [3.8, 4) is 5.69 Å². The van der Waals surface area contributed by atoms with Crippen molar-refractivity contribution < 1.29 is 9.18 Å². The van der Waals surface area contributed by atoms with Gasteiger partial charge in [-0.25, -0.2) is 9.37 Å². The number of H-pyrrole nitrogens is 1. The zero-order valence-electron chi connectivity index (χ0n) is 13.4. The first kappa shape index (κ1) is 15.5. The van der Waals surface area contributed by atoms with Crippen molar-refractivity contribution in [1.29, 1.82) is 0 Å². The molecule has 128 valence electrons. The number of aromatic nitrogens is 5. The van der Waals surface area contributed by atoms with E-state index in [-0.39, 0.29) is 24.2 Å². The first-order chi connectivity index (χ1) is 12.2. The third-order valence-electron chi connectivity index (χ3n) is 4.50. The fourth-order valence-corrected chi connectivity index (χ4v) is 3.13. The highest BCUT2D eigenvalue weighted by molar-refractivity contribution is 5.79. The fraction of sp³-hybridized carbons (Fsp3) is 0.294. The van der Waals surface area contributed by atoms with Crippen molar-refractivity contribution >= 4 is 5.91 Å².